The quantitative estimate of drug-likeness (QED) is 0.0480. The van der Waals surface area contributed by atoms with Gasteiger partial charge in [0.2, 0.25) is 0 Å². The Balaban J connectivity index is 0.000000206. The fraction of sp³-hybridized carbons (Fsp3) is 0.877. The van der Waals surface area contributed by atoms with Crippen LogP contribution >= 0.6 is 0 Å². The Morgan fingerprint density at radius 2 is 0.990 bits per heavy atom. The molecule has 34 heteroatoms. The van der Waals surface area contributed by atoms with Crippen LogP contribution in [-0.2, 0) is 92.5 Å². The maximum Gasteiger partial charge on any atom is 1.00 e. The first-order chi connectivity index (χ1) is 46.3. The molecule has 1 aromatic carbocycles. The first-order valence-electron chi connectivity index (χ1n) is 33.0. The molecule has 99 heavy (non-hydrogen) atoms. The zero-order chi connectivity index (χ0) is 72.7. The van der Waals surface area contributed by atoms with Crippen LogP contribution in [0.25, 0.3) is 0 Å². The second-order valence-electron chi connectivity index (χ2n) is 27.9. The van der Waals surface area contributed by atoms with Gasteiger partial charge in [-0.25, -0.2) is 0 Å². The fourth-order valence-electron chi connectivity index (χ4n) is 16.5. The van der Waals surface area contributed by atoms with Gasteiger partial charge in [0.1, 0.15) is 109 Å². The van der Waals surface area contributed by atoms with Gasteiger partial charge in [-0.3, -0.25) is 0 Å². The maximum absolute atomic E-state index is 12.2. The number of hydrogen-bond donors (Lipinski definition) is 13. The molecule has 4 bridgehead atoms. The van der Waals surface area contributed by atoms with E-state index < -0.39 is 159 Å². The van der Waals surface area contributed by atoms with Gasteiger partial charge in [0.15, 0.2) is 36.7 Å². The van der Waals surface area contributed by atoms with Crippen LogP contribution in [0.3, 0.4) is 0 Å². The van der Waals surface area contributed by atoms with E-state index in [1.165, 1.54) is 93.9 Å². The van der Waals surface area contributed by atoms with E-state index in [2.05, 4.69) is 26.8 Å². The van der Waals surface area contributed by atoms with Gasteiger partial charge in [0.25, 0.3) is 0 Å². The summed E-state index contributed by atoms with van der Waals surface area (Å²) in [5.74, 6) is -0.847. The van der Waals surface area contributed by atoms with Crippen molar-refractivity contribution in [3.05, 3.63) is 23.3 Å². The number of carboxylic acid groups (broad SMARTS) is 2. The third-order valence-corrected chi connectivity index (χ3v) is 22.0. The number of quaternary nitrogens is 1. The van der Waals surface area contributed by atoms with Gasteiger partial charge >= 0.3 is 29.6 Å². The third-order valence-electron chi connectivity index (χ3n) is 22.0. The standard InChI is InChI=1S/C29H41NO4.2C10H18O8.2C8H16O6.Na/c1-25(2,3)26(4,32)20-15-27-10-11-29(20,33-5)24-28(27)12-13-30(16-17-6-7-17)21(27)14-18-8-9-19(31)23(34-24)22(18)28;2*1-15-9-5(3-17-4-6(11)12)18-10(16-2)8(14)7(9)13;2*1-12-7-4(3-9)14-8(13-2)6(11)5(7)10;/h8-9,17,20-21,24,31-32H,6-7,10-16H2,1-5H3;2*5,7-10,13-14H,3-4H2,1-2H3,(H,11,12);2*4-11H,3H2,1-2H3;/q;;;;;+1/p-1/t20-,21-,24-,26?,27-,28+,29-;;;;;/m1...../s1. The molecule has 6 heterocycles. The first-order valence-corrected chi connectivity index (χ1v) is 33.0. The van der Waals surface area contributed by atoms with E-state index in [9.17, 15) is 70.9 Å². The number of likely N-dealkylation sites (tertiary alicyclic amines) is 1. The minimum absolute atomic E-state index is 0. The Kier molecular flexibility index (Phi) is 31.4. The number of carboxylic acids is 2. The SMILES string of the molecule is COC1OC(CO)C(OC)C(O)C1O.COC1OC(CO)C(OC)C(O)C1O.COC1OC(COCC(=O)[O-])C(OC)C(O)C1O.COC1OC(COCC(=O)[O-])C(OC)C(O)C1O.CO[C@]12CC[C@@]3(C[C@@H]1C(C)(O)C(C)(C)C)[C@H]1Cc4ccc(O)c5c4[C@@]3(CC[NH+]1CC1CC1)[C@H]2O5.[Na+]. The van der Waals surface area contributed by atoms with Gasteiger partial charge in [-0.15, -0.1) is 0 Å². The number of fused-ring (bicyclic) bond motifs is 2. The molecule has 566 valence electrons. The molecular formula is C65H108NNaO32. The number of benzene rings is 1. The van der Waals surface area contributed by atoms with Crippen LogP contribution in [0.1, 0.15) is 77.3 Å². The second-order valence-corrected chi connectivity index (χ2v) is 27.9. The number of hydrogen-bond acceptors (Lipinski definition) is 32. The molecule has 0 aromatic heterocycles. The van der Waals surface area contributed by atoms with Crippen molar-refractivity contribution < 1.29 is 191 Å². The number of aliphatic hydroxyl groups excluding tert-OH is 10. The number of phenols is 1. The van der Waals surface area contributed by atoms with Gasteiger partial charge in [0.05, 0.1) is 81.7 Å². The molecule has 11 aliphatic rings. The van der Waals surface area contributed by atoms with Crippen LogP contribution in [0.15, 0.2) is 12.1 Å². The number of phenolic OH excluding ortho intramolecular Hbond substituents is 1. The molecule has 12 rings (SSSR count). The second kappa shape index (κ2) is 36.3. The predicted octanol–water partition coefficient (Wildman–Crippen LogP) is -10.1. The van der Waals surface area contributed by atoms with Crippen molar-refractivity contribution in [3.8, 4) is 11.5 Å². The molecule has 0 amide bonds. The Bertz CT molecular complexity index is 2580. The average molecular weight is 1440 g/mol. The molecule has 9 fully saturated rings. The Hall–Kier alpha value is -2.32. The van der Waals surface area contributed by atoms with Crippen LogP contribution < -0.4 is 49.4 Å². The maximum atomic E-state index is 12.2. The molecule has 2 spiro atoms. The summed E-state index contributed by atoms with van der Waals surface area (Å²) in [4.78, 5) is 22.2. The van der Waals surface area contributed by atoms with Crippen LogP contribution in [0, 0.1) is 22.7 Å². The van der Waals surface area contributed by atoms with E-state index >= 15 is 0 Å². The van der Waals surface area contributed by atoms with Crippen LogP contribution in [0.5, 0.6) is 11.5 Å². The van der Waals surface area contributed by atoms with Crippen molar-refractivity contribution in [3.63, 3.8) is 0 Å². The molecule has 0 radical (unpaired) electrons. The molecule has 33 nitrogen and oxygen atoms in total. The molecule has 5 aliphatic carbocycles. The summed E-state index contributed by atoms with van der Waals surface area (Å²) in [5, 5.41) is 139. The zero-order valence-electron chi connectivity index (χ0n) is 59.1. The molecular weight excluding hydrogens is 1330 g/mol. The van der Waals surface area contributed by atoms with Crippen LogP contribution in [0.4, 0.5) is 0 Å². The molecule has 28 atom stereocenters. The summed E-state index contributed by atoms with van der Waals surface area (Å²) in [7, 11) is 12.6. The Morgan fingerprint density at radius 1 is 0.586 bits per heavy atom. The normalized spacial score (nSPS) is 41.3. The first kappa shape index (κ1) is 85.6. The summed E-state index contributed by atoms with van der Waals surface area (Å²) in [6.45, 7) is 8.95. The van der Waals surface area contributed by atoms with E-state index in [4.69, 9.17) is 86.0 Å². The number of carbonyl (C=O) groups excluding carboxylic acids is 2. The Morgan fingerprint density at radius 3 is 1.34 bits per heavy atom. The number of methoxy groups -OCH3 is 9. The van der Waals surface area contributed by atoms with Crippen LogP contribution in [0.2, 0.25) is 0 Å². The number of aromatic hydroxyl groups is 1. The Labute approximate surface area is 598 Å². The van der Waals surface area contributed by atoms with Crippen molar-refractivity contribution in [1.29, 1.82) is 0 Å². The van der Waals surface area contributed by atoms with Gasteiger partial charge in [0, 0.05) is 99.6 Å². The molecule has 22 unspecified atom stereocenters. The van der Waals surface area contributed by atoms with E-state index in [1.54, 1.807) is 4.90 Å². The largest absolute Gasteiger partial charge is 1.00 e. The minimum atomic E-state index is -1.36. The number of rotatable bonds is 22. The zero-order valence-corrected chi connectivity index (χ0v) is 61.1. The topological polar surface area (TPSA) is 475 Å². The van der Waals surface area contributed by atoms with Crippen molar-refractivity contribution in [1.82, 2.24) is 0 Å². The monoisotopic (exact) mass is 1440 g/mol. The van der Waals surface area contributed by atoms with E-state index in [1.807, 2.05) is 20.1 Å². The number of aliphatic hydroxyl groups is 11. The molecule has 1 aromatic rings. The van der Waals surface area contributed by atoms with Crippen LogP contribution in [-0.4, -0.2) is 336 Å². The summed E-state index contributed by atoms with van der Waals surface area (Å²) in [6.07, 6.45) is -11.7. The number of carbonyl (C=O) groups is 2. The predicted molar refractivity (Wildman–Crippen MR) is 329 cm³/mol. The summed E-state index contributed by atoms with van der Waals surface area (Å²) < 4.78 is 83.2. The number of piperidine rings is 1. The summed E-state index contributed by atoms with van der Waals surface area (Å²) in [5.41, 5.74) is 0.900. The van der Waals surface area contributed by atoms with E-state index in [0.717, 1.165) is 43.8 Å². The molecule has 13 N–H and O–H groups in total. The van der Waals surface area contributed by atoms with E-state index in [0.29, 0.717) is 6.04 Å². The van der Waals surface area contributed by atoms with E-state index in [-0.39, 0.29) is 90.0 Å². The number of aliphatic carboxylic acids is 2. The van der Waals surface area contributed by atoms with Gasteiger partial charge in [-0.2, -0.15) is 0 Å². The number of ether oxygens (including phenoxy) is 16. The summed E-state index contributed by atoms with van der Waals surface area (Å²) in [6, 6.07) is 4.57. The third kappa shape index (κ3) is 17.2. The molecule has 6 aliphatic heterocycles. The molecule has 5 saturated heterocycles. The fourth-order valence-corrected chi connectivity index (χ4v) is 16.5. The minimum Gasteiger partial charge on any atom is -0.548 e. The van der Waals surface area contributed by atoms with Crippen molar-refractivity contribution in [2.24, 2.45) is 22.7 Å². The average Bonchev–Trinajstić information content (AvgIpc) is 1.54. The van der Waals surface area contributed by atoms with Gasteiger partial charge in [-0.05, 0) is 56.1 Å². The van der Waals surface area contributed by atoms with Crippen molar-refractivity contribution >= 4 is 11.9 Å². The molecule has 4 saturated carbocycles. The van der Waals surface area contributed by atoms with Crippen molar-refractivity contribution in [2.45, 2.75) is 224 Å². The summed E-state index contributed by atoms with van der Waals surface area (Å²) >= 11 is 0. The van der Waals surface area contributed by atoms with Gasteiger partial charge in [-0.1, -0.05) is 26.8 Å². The van der Waals surface area contributed by atoms with Crippen molar-refractivity contribution in [2.75, 3.05) is 117 Å². The van der Waals surface area contributed by atoms with Gasteiger partial charge < -0.3 is 162 Å². The smallest absolute Gasteiger partial charge is 0.548 e. The number of nitrogens with one attached hydrogen (secondary N) is 1.